The number of aryl methyl sites for hydroxylation is 2. The second kappa shape index (κ2) is 6.10. The van der Waals surface area contributed by atoms with Crippen molar-refractivity contribution in [3.8, 4) is 5.75 Å². The Morgan fingerprint density at radius 1 is 1.15 bits per heavy atom. The molecule has 4 heteroatoms. The molecule has 0 aliphatic rings. The van der Waals surface area contributed by atoms with E-state index >= 15 is 0 Å². The minimum Gasteiger partial charge on any atom is -0.489 e. The fourth-order valence-corrected chi connectivity index (χ4v) is 2.04. The van der Waals surface area contributed by atoms with Gasteiger partial charge >= 0.3 is 0 Å². The van der Waals surface area contributed by atoms with Crippen molar-refractivity contribution in [3.05, 3.63) is 64.7 Å². The van der Waals surface area contributed by atoms with Crippen LogP contribution in [0.5, 0.6) is 5.75 Å². The Bertz CT molecular complexity index is 616. The third-order valence-electron chi connectivity index (χ3n) is 3.27. The largest absolute Gasteiger partial charge is 0.489 e. The molecule has 0 aliphatic heterocycles. The zero-order valence-electron chi connectivity index (χ0n) is 11.6. The molecule has 4 nitrogen and oxygen atoms in total. The molecular weight excluding hydrogens is 252 g/mol. The zero-order valence-corrected chi connectivity index (χ0v) is 11.6. The number of benzene rings is 2. The van der Waals surface area contributed by atoms with Crippen LogP contribution in [-0.4, -0.2) is 11.0 Å². The zero-order chi connectivity index (χ0) is 14.5. The molecule has 0 spiro atoms. The highest BCUT2D eigenvalue weighted by Gasteiger charge is 2.05. The number of rotatable bonds is 4. The molecule has 2 rings (SSSR count). The Labute approximate surface area is 118 Å². The Hall–Kier alpha value is -2.49. The number of hydrogen-bond donors (Lipinski definition) is 2. The molecule has 0 fully saturated rings. The summed E-state index contributed by atoms with van der Waals surface area (Å²) in [4.78, 5) is 0. The Kier molecular flexibility index (Phi) is 4.25. The molecule has 0 unspecified atom stereocenters. The van der Waals surface area contributed by atoms with Gasteiger partial charge in [-0.2, -0.15) is 0 Å². The minimum absolute atomic E-state index is 0.0718. The third-order valence-corrected chi connectivity index (χ3v) is 3.27. The molecule has 0 saturated heterocycles. The van der Waals surface area contributed by atoms with Crippen molar-refractivity contribution >= 4 is 5.84 Å². The second-order valence-corrected chi connectivity index (χ2v) is 4.67. The molecule has 3 N–H and O–H groups in total. The highest BCUT2D eigenvalue weighted by Crippen LogP contribution is 2.18. The number of amidine groups is 1. The maximum atomic E-state index is 8.68. The minimum atomic E-state index is 0.0718. The molecule has 0 amide bonds. The Balaban J connectivity index is 2.15. The van der Waals surface area contributed by atoms with Gasteiger partial charge in [0.05, 0.1) is 0 Å². The molecular formula is C16H18N2O2. The number of hydrogen-bond acceptors (Lipinski definition) is 3. The van der Waals surface area contributed by atoms with E-state index in [9.17, 15) is 0 Å². The average molecular weight is 270 g/mol. The second-order valence-electron chi connectivity index (χ2n) is 4.67. The lowest BCUT2D eigenvalue weighted by molar-refractivity contribution is 0.304. The third kappa shape index (κ3) is 3.09. The smallest absolute Gasteiger partial charge is 0.170 e. The number of nitrogens with two attached hydrogens (primary N) is 1. The van der Waals surface area contributed by atoms with Crippen molar-refractivity contribution in [2.24, 2.45) is 10.9 Å². The maximum Gasteiger partial charge on any atom is 0.170 e. The van der Waals surface area contributed by atoms with Gasteiger partial charge in [0.1, 0.15) is 12.4 Å². The monoisotopic (exact) mass is 270 g/mol. The van der Waals surface area contributed by atoms with Crippen LogP contribution in [0.3, 0.4) is 0 Å². The SMILES string of the molecule is Cc1cccc(C)c1COc1cccc(/C(N)=N/O)c1. The summed E-state index contributed by atoms with van der Waals surface area (Å²) in [6.07, 6.45) is 0. The van der Waals surface area contributed by atoms with Gasteiger partial charge in [-0.05, 0) is 42.7 Å². The molecule has 2 aromatic rings. The number of nitrogens with zero attached hydrogens (tertiary/aromatic N) is 1. The fraction of sp³-hybridized carbons (Fsp3) is 0.188. The summed E-state index contributed by atoms with van der Waals surface area (Å²) in [6.45, 7) is 4.63. The lowest BCUT2D eigenvalue weighted by atomic mass is 10.0. The molecule has 0 atom stereocenters. The van der Waals surface area contributed by atoms with E-state index in [2.05, 4.69) is 31.1 Å². The van der Waals surface area contributed by atoms with E-state index in [1.807, 2.05) is 18.2 Å². The predicted molar refractivity (Wildman–Crippen MR) is 79.2 cm³/mol. The van der Waals surface area contributed by atoms with Crippen LogP contribution < -0.4 is 10.5 Å². The topological polar surface area (TPSA) is 67.8 Å². The average Bonchev–Trinajstić information content (AvgIpc) is 2.46. The maximum absolute atomic E-state index is 8.68. The Morgan fingerprint density at radius 2 is 1.80 bits per heavy atom. The molecule has 0 radical (unpaired) electrons. The predicted octanol–water partition coefficient (Wildman–Crippen LogP) is 2.98. The summed E-state index contributed by atoms with van der Waals surface area (Å²) in [5, 5.41) is 11.7. The summed E-state index contributed by atoms with van der Waals surface area (Å²) < 4.78 is 5.80. The molecule has 0 bridgehead atoms. The van der Waals surface area contributed by atoms with Crippen molar-refractivity contribution < 1.29 is 9.94 Å². The van der Waals surface area contributed by atoms with Gasteiger partial charge in [-0.3, -0.25) is 0 Å². The van der Waals surface area contributed by atoms with E-state index in [1.54, 1.807) is 12.1 Å². The van der Waals surface area contributed by atoms with E-state index < -0.39 is 0 Å². The summed E-state index contributed by atoms with van der Waals surface area (Å²) in [6, 6.07) is 13.4. The van der Waals surface area contributed by atoms with Gasteiger partial charge in [-0.15, -0.1) is 0 Å². The van der Waals surface area contributed by atoms with E-state index in [0.717, 1.165) is 0 Å². The van der Waals surface area contributed by atoms with Gasteiger partial charge in [0.2, 0.25) is 0 Å². The van der Waals surface area contributed by atoms with Crippen LogP contribution in [0.15, 0.2) is 47.6 Å². The van der Waals surface area contributed by atoms with E-state index in [4.69, 9.17) is 15.7 Å². The molecule has 0 saturated carbocycles. The van der Waals surface area contributed by atoms with Gasteiger partial charge < -0.3 is 15.7 Å². The first-order valence-corrected chi connectivity index (χ1v) is 6.37. The van der Waals surface area contributed by atoms with Crippen molar-refractivity contribution in [2.45, 2.75) is 20.5 Å². The number of oxime groups is 1. The van der Waals surface area contributed by atoms with E-state index in [-0.39, 0.29) is 5.84 Å². The van der Waals surface area contributed by atoms with Gasteiger partial charge in [0, 0.05) is 5.56 Å². The summed E-state index contributed by atoms with van der Waals surface area (Å²) in [7, 11) is 0. The first-order valence-electron chi connectivity index (χ1n) is 6.37. The van der Waals surface area contributed by atoms with Crippen molar-refractivity contribution in [1.29, 1.82) is 0 Å². The van der Waals surface area contributed by atoms with Gasteiger partial charge in [-0.1, -0.05) is 35.5 Å². The van der Waals surface area contributed by atoms with Crippen molar-refractivity contribution in [3.63, 3.8) is 0 Å². The molecule has 0 aromatic heterocycles. The summed E-state index contributed by atoms with van der Waals surface area (Å²) in [5.74, 6) is 0.763. The highest BCUT2D eigenvalue weighted by molar-refractivity contribution is 5.97. The normalized spacial score (nSPS) is 11.4. The van der Waals surface area contributed by atoms with E-state index in [1.165, 1.54) is 16.7 Å². The molecule has 0 aliphatic carbocycles. The van der Waals surface area contributed by atoms with Crippen LogP contribution in [0, 0.1) is 13.8 Å². The fourth-order valence-electron chi connectivity index (χ4n) is 2.04. The lowest BCUT2D eigenvalue weighted by Crippen LogP contribution is -2.13. The van der Waals surface area contributed by atoms with Crippen LogP contribution in [0.1, 0.15) is 22.3 Å². The summed E-state index contributed by atoms with van der Waals surface area (Å²) in [5.41, 5.74) is 9.79. The molecule has 0 heterocycles. The van der Waals surface area contributed by atoms with Crippen LogP contribution in [-0.2, 0) is 6.61 Å². The van der Waals surface area contributed by atoms with Crippen LogP contribution in [0.4, 0.5) is 0 Å². The van der Waals surface area contributed by atoms with E-state index in [0.29, 0.717) is 17.9 Å². The highest BCUT2D eigenvalue weighted by atomic mass is 16.5. The molecule has 2 aromatic carbocycles. The van der Waals surface area contributed by atoms with Crippen molar-refractivity contribution in [2.75, 3.05) is 0 Å². The van der Waals surface area contributed by atoms with Gasteiger partial charge in [-0.25, -0.2) is 0 Å². The van der Waals surface area contributed by atoms with Gasteiger partial charge in [0.25, 0.3) is 0 Å². The lowest BCUT2D eigenvalue weighted by Gasteiger charge is -2.12. The van der Waals surface area contributed by atoms with Crippen molar-refractivity contribution in [1.82, 2.24) is 0 Å². The van der Waals surface area contributed by atoms with Crippen LogP contribution in [0.25, 0.3) is 0 Å². The first-order chi connectivity index (χ1) is 9.61. The first kappa shape index (κ1) is 13.9. The number of ether oxygens (including phenoxy) is 1. The summed E-state index contributed by atoms with van der Waals surface area (Å²) >= 11 is 0. The molecule has 104 valence electrons. The van der Waals surface area contributed by atoms with Crippen LogP contribution in [0.2, 0.25) is 0 Å². The molecule has 20 heavy (non-hydrogen) atoms. The standard InChI is InChI=1S/C16H18N2O2/c1-11-5-3-6-12(2)15(11)10-20-14-8-4-7-13(9-14)16(17)18-19/h3-9,19H,10H2,1-2H3,(H2,17,18). The van der Waals surface area contributed by atoms with Crippen LogP contribution >= 0.6 is 0 Å². The van der Waals surface area contributed by atoms with Gasteiger partial charge in [0.15, 0.2) is 5.84 Å². The Morgan fingerprint density at radius 3 is 2.45 bits per heavy atom. The quantitative estimate of drug-likeness (QED) is 0.388.